The first-order valence-electron chi connectivity index (χ1n) is 24.1. The van der Waals surface area contributed by atoms with Crippen LogP contribution in [0.15, 0.2) is 90.0 Å². The summed E-state index contributed by atoms with van der Waals surface area (Å²) in [6.45, 7) is 1.81. The number of aliphatic hydroxyl groups excluding tert-OH is 3. The van der Waals surface area contributed by atoms with Gasteiger partial charge in [0.05, 0.1) is 19.3 Å². The number of phosphoric ester groups is 2. The van der Waals surface area contributed by atoms with Gasteiger partial charge in [0.15, 0.2) is 12.3 Å². The normalized spacial score (nSPS) is 20.4. The molecule has 1 aromatic heterocycles. The lowest BCUT2D eigenvalue weighted by atomic mass is 10.1. The van der Waals surface area contributed by atoms with Crippen LogP contribution in [0.1, 0.15) is 142 Å². The number of esters is 2. The van der Waals surface area contributed by atoms with Gasteiger partial charge in [-0.1, -0.05) is 125 Å². The molecule has 0 spiro atoms. The molecule has 2 heterocycles. The molecule has 1 aliphatic rings. The SMILES string of the molecule is CC/C=C\C(O)C/C=C/C=C\C/C=C\C/C=C\CCCC(=O)OC[C@H](COP(=O)(O)OP(=O)(O)OC[C@H]1O[C@@H](n2ccc(N)nc2=O)[C@H](O)[C@@H]1O)OC(=O)CCCCCCC/C=C\CCCCCC. The minimum Gasteiger partial charge on any atom is -0.462 e. The summed E-state index contributed by atoms with van der Waals surface area (Å²) in [6.07, 6.45) is 32.0. The number of nitrogens with zero attached hydrogens (tertiary/aromatic N) is 2. The Kier molecular flexibility index (Phi) is 32.1. The number of carbonyl (C=O) groups is 2. The minimum absolute atomic E-state index is 0.0158. The van der Waals surface area contributed by atoms with E-state index >= 15 is 0 Å². The number of rotatable bonds is 38. The van der Waals surface area contributed by atoms with Crippen molar-refractivity contribution in [1.82, 2.24) is 9.55 Å². The van der Waals surface area contributed by atoms with Crippen molar-refractivity contribution in [2.24, 2.45) is 0 Å². The van der Waals surface area contributed by atoms with E-state index in [1.165, 1.54) is 31.7 Å². The second-order valence-electron chi connectivity index (χ2n) is 16.4. The summed E-state index contributed by atoms with van der Waals surface area (Å²) in [5, 5.41) is 30.7. The summed E-state index contributed by atoms with van der Waals surface area (Å²) in [7, 11) is -10.9. The average Bonchev–Trinajstić information content (AvgIpc) is 3.58. The topological polar surface area (TPSA) is 286 Å². The van der Waals surface area contributed by atoms with E-state index in [0.29, 0.717) is 32.1 Å². The van der Waals surface area contributed by atoms with Gasteiger partial charge in [0.1, 0.15) is 30.7 Å². The van der Waals surface area contributed by atoms with E-state index in [9.17, 15) is 48.6 Å². The Morgan fingerprint density at radius 3 is 2.10 bits per heavy atom. The van der Waals surface area contributed by atoms with Crippen LogP contribution in [-0.2, 0) is 46.3 Å². The van der Waals surface area contributed by atoms with Crippen LogP contribution in [0.5, 0.6) is 0 Å². The average molecular weight is 1010 g/mol. The van der Waals surface area contributed by atoms with E-state index in [4.69, 9.17) is 29.0 Å². The van der Waals surface area contributed by atoms with Gasteiger partial charge in [0, 0.05) is 19.0 Å². The molecule has 1 aromatic rings. The number of unbranched alkanes of at least 4 members (excludes halogenated alkanes) is 10. The molecular formula is C48H77N3O16P2. The summed E-state index contributed by atoms with van der Waals surface area (Å²) in [5.74, 6) is -1.41. The highest BCUT2D eigenvalue weighted by Crippen LogP contribution is 2.60. The molecule has 19 nitrogen and oxygen atoms in total. The Hall–Kier alpha value is -3.84. The van der Waals surface area contributed by atoms with Crippen molar-refractivity contribution in [2.75, 3.05) is 25.6 Å². The molecule has 1 aliphatic heterocycles. The number of aliphatic hydroxyl groups is 3. The number of nitrogen functional groups attached to an aromatic ring is 1. The molecule has 0 radical (unpaired) electrons. The van der Waals surface area contributed by atoms with Gasteiger partial charge in [-0.2, -0.15) is 9.29 Å². The predicted octanol–water partition coefficient (Wildman–Crippen LogP) is 8.30. The smallest absolute Gasteiger partial charge is 0.462 e. The van der Waals surface area contributed by atoms with Crippen LogP contribution < -0.4 is 11.4 Å². The Labute approximate surface area is 407 Å². The molecule has 3 unspecified atom stereocenters. The molecule has 0 aromatic carbocycles. The second kappa shape index (κ2) is 36.1. The van der Waals surface area contributed by atoms with Crippen molar-refractivity contribution >= 4 is 33.4 Å². The maximum atomic E-state index is 12.8. The van der Waals surface area contributed by atoms with Crippen molar-refractivity contribution in [3.05, 3.63) is 95.7 Å². The minimum atomic E-state index is -5.44. The Bertz CT molecular complexity index is 1950. The summed E-state index contributed by atoms with van der Waals surface area (Å²) < 4.78 is 56.6. The molecular weight excluding hydrogens is 936 g/mol. The molecule has 1 saturated heterocycles. The van der Waals surface area contributed by atoms with Crippen molar-refractivity contribution in [2.45, 2.75) is 173 Å². The number of ether oxygens (including phenoxy) is 3. The fraction of sp³-hybridized carbons (Fsp3) is 0.625. The van der Waals surface area contributed by atoms with Gasteiger partial charge < -0.3 is 45.1 Å². The van der Waals surface area contributed by atoms with Gasteiger partial charge in [0.2, 0.25) is 0 Å². The maximum absolute atomic E-state index is 12.8. The summed E-state index contributed by atoms with van der Waals surface area (Å²) >= 11 is 0. The van der Waals surface area contributed by atoms with Gasteiger partial charge in [-0.3, -0.25) is 23.2 Å². The van der Waals surface area contributed by atoms with Gasteiger partial charge in [-0.25, -0.2) is 13.9 Å². The molecule has 69 heavy (non-hydrogen) atoms. The van der Waals surface area contributed by atoms with Crippen molar-refractivity contribution in [3.63, 3.8) is 0 Å². The Balaban J connectivity index is 1.85. The van der Waals surface area contributed by atoms with Crippen LogP contribution >= 0.6 is 15.6 Å². The van der Waals surface area contributed by atoms with Gasteiger partial charge >= 0.3 is 33.3 Å². The lowest BCUT2D eigenvalue weighted by Gasteiger charge is -2.21. The lowest BCUT2D eigenvalue weighted by molar-refractivity contribution is -0.161. The number of carbonyl (C=O) groups excluding carboxylic acids is 2. The standard InChI is InChI=1S/C48H77N3O16P2/c1-3-5-7-8-9-10-11-12-17-20-23-26-29-33-44(54)65-40(36-62-43(53)32-28-25-22-19-16-14-13-15-18-21-24-27-31-39(52)30-6-4-2)37-63-68(58,59)67-69(60,61)64-38-41-45(55)46(56)47(66-41)51-35-34-42(49)50-48(51)57/h6,10-11,13-14,18-19,21-22,24,27,30,34-35,39-41,45-47,52,55-56H,3-5,7-9,12,15-17,20,23,25-26,28-29,31-33,36-38H2,1-2H3,(H,58,59)(H,60,61)(H2,49,50,57)/b11-10-,14-13-,21-18-,22-19-,27-24+,30-6-/t39?,40-,41-,45-,46-,47-/m1/s1. The lowest BCUT2D eigenvalue weighted by Crippen LogP contribution is -2.36. The zero-order valence-corrected chi connectivity index (χ0v) is 42.0. The van der Waals surface area contributed by atoms with E-state index in [1.807, 2.05) is 61.6 Å². The van der Waals surface area contributed by atoms with Gasteiger partial charge in [-0.05, 0) is 76.7 Å². The molecule has 21 heteroatoms. The third-order valence-electron chi connectivity index (χ3n) is 10.3. The van der Waals surface area contributed by atoms with Crippen LogP contribution in [0.4, 0.5) is 5.82 Å². The fourth-order valence-electron chi connectivity index (χ4n) is 6.60. The highest BCUT2D eigenvalue weighted by atomic mass is 31.3. The zero-order chi connectivity index (χ0) is 50.8. The number of hydrogen-bond donors (Lipinski definition) is 6. The quantitative estimate of drug-likeness (QED) is 0.0119. The third-order valence-corrected chi connectivity index (χ3v) is 13.0. The molecule has 390 valence electrons. The first-order valence-corrected chi connectivity index (χ1v) is 27.0. The Morgan fingerprint density at radius 2 is 1.39 bits per heavy atom. The van der Waals surface area contributed by atoms with E-state index < -0.39 is 89.8 Å². The number of allylic oxidation sites excluding steroid dienone is 10. The largest absolute Gasteiger partial charge is 0.481 e. The van der Waals surface area contributed by atoms with Crippen LogP contribution in [0.25, 0.3) is 0 Å². The highest BCUT2D eigenvalue weighted by molar-refractivity contribution is 7.61. The molecule has 0 bridgehead atoms. The van der Waals surface area contributed by atoms with Gasteiger partial charge in [0.25, 0.3) is 0 Å². The fourth-order valence-corrected chi connectivity index (χ4v) is 8.71. The second-order valence-corrected chi connectivity index (χ2v) is 19.5. The number of anilines is 1. The number of aromatic nitrogens is 2. The molecule has 0 saturated carbocycles. The van der Waals surface area contributed by atoms with Crippen molar-refractivity contribution < 1.29 is 71.4 Å². The summed E-state index contributed by atoms with van der Waals surface area (Å²) in [4.78, 5) is 61.8. The monoisotopic (exact) mass is 1010 g/mol. The number of phosphoric acid groups is 2. The van der Waals surface area contributed by atoms with Gasteiger partial charge in [-0.15, -0.1) is 0 Å². The van der Waals surface area contributed by atoms with Crippen LogP contribution in [-0.4, -0.2) is 96.9 Å². The maximum Gasteiger partial charge on any atom is 0.481 e. The zero-order valence-electron chi connectivity index (χ0n) is 40.2. The third kappa shape index (κ3) is 29.2. The highest BCUT2D eigenvalue weighted by Gasteiger charge is 2.46. The molecule has 7 N–H and O–H groups in total. The number of nitrogens with two attached hydrogens (primary N) is 1. The van der Waals surface area contributed by atoms with Crippen LogP contribution in [0, 0.1) is 0 Å². The van der Waals surface area contributed by atoms with E-state index in [-0.39, 0.29) is 18.7 Å². The molecule has 0 aliphatic carbocycles. The molecule has 1 fully saturated rings. The van der Waals surface area contributed by atoms with E-state index in [0.717, 1.165) is 62.1 Å². The summed E-state index contributed by atoms with van der Waals surface area (Å²) in [5.41, 5.74) is 4.57. The molecule has 8 atom stereocenters. The van der Waals surface area contributed by atoms with Crippen molar-refractivity contribution in [1.29, 1.82) is 0 Å². The summed E-state index contributed by atoms with van der Waals surface area (Å²) in [6, 6.07) is 1.24. The molecule has 0 amide bonds. The molecule has 2 rings (SSSR count). The first kappa shape index (κ1) is 61.3. The first-order chi connectivity index (χ1) is 33.1. The number of hydrogen-bond acceptors (Lipinski definition) is 16. The predicted molar refractivity (Wildman–Crippen MR) is 262 cm³/mol. The van der Waals surface area contributed by atoms with Crippen molar-refractivity contribution in [3.8, 4) is 0 Å². The van der Waals surface area contributed by atoms with E-state index in [2.05, 4.69) is 28.4 Å². The van der Waals surface area contributed by atoms with Crippen LogP contribution in [0.2, 0.25) is 0 Å². The van der Waals surface area contributed by atoms with E-state index in [1.54, 1.807) is 6.08 Å². The Morgan fingerprint density at radius 1 is 0.783 bits per heavy atom. The van der Waals surface area contributed by atoms with Crippen LogP contribution in [0.3, 0.4) is 0 Å².